The first-order valence-corrected chi connectivity index (χ1v) is 9.56. The third kappa shape index (κ3) is 2.96. The quantitative estimate of drug-likeness (QED) is 0.909. The largest absolute Gasteiger partial charge is 0.327 e. The Kier molecular flexibility index (Phi) is 4.33. The molecular weight excluding hydrogens is 316 g/mol. The first kappa shape index (κ1) is 15.7. The number of quaternary nitrogens is 1. The Labute approximate surface area is 147 Å². The van der Waals surface area contributed by atoms with E-state index >= 15 is 0 Å². The summed E-state index contributed by atoms with van der Waals surface area (Å²) in [4.78, 5) is 18.9. The molecule has 4 rings (SSSR count). The van der Waals surface area contributed by atoms with Gasteiger partial charge in [0.1, 0.15) is 0 Å². The molecule has 1 fully saturated rings. The van der Waals surface area contributed by atoms with Gasteiger partial charge in [-0.3, -0.25) is 9.69 Å². The number of likely N-dealkylation sites (tertiary alicyclic amines) is 1. The number of carbonyl (C=O) groups excluding carboxylic acids is 1. The van der Waals surface area contributed by atoms with Crippen molar-refractivity contribution in [3.8, 4) is 0 Å². The number of rotatable bonds is 2. The molecule has 4 heteroatoms. The fourth-order valence-electron chi connectivity index (χ4n) is 3.82. The molecule has 2 aliphatic rings. The van der Waals surface area contributed by atoms with Crippen LogP contribution in [0.4, 0.5) is 11.4 Å². The van der Waals surface area contributed by atoms with Crippen molar-refractivity contribution in [2.75, 3.05) is 24.5 Å². The van der Waals surface area contributed by atoms with Gasteiger partial charge in [-0.05, 0) is 37.1 Å². The molecule has 1 amide bonds. The molecule has 2 atom stereocenters. The minimum Gasteiger partial charge on any atom is -0.327 e. The number of piperidine rings is 1. The van der Waals surface area contributed by atoms with Gasteiger partial charge in [0, 0.05) is 15.7 Å². The van der Waals surface area contributed by atoms with Gasteiger partial charge in [0.05, 0.1) is 24.5 Å². The Balaban J connectivity index is 1.65. The molecule has 0 radical (unpaired) electrons. The fourth-order valence-corrected chi connectivity index (χ4v) is 4.88. The molecule has 2 aromatic rings. The van der Waals surface area contributed by atoms with E-state index in [1.807, 2.05) is 29.2 Å². The number of amides is 1. The predicted octanol–water partition coefficient (Wildman–Crippen LogP) is 3.13. The van der Waals surface area contributed by atoms with Crippen LogP contribution in [-0.2, 0) is 4.79 Å². The number of benzene rings is 2. The van der Waals surface area contributed by atoms with Crippen LogP contribution in [0.5, 0.6) is 0 Å². The second-order valence-corrected chi connectivity index (χ2v) is 7.98. The van der Waals surface area contributed by atoms with Gasteiger partial charge in [0.2, 0.25) is 0 Å². The molecule has 24 heavy (non-hydrogen) atoms. The standard InChI is InChI=1S/C20H22N2OS/c1-15-7-6-12-21(13-15)14-20(23)22-16-8-2-4-10-18(16)24-19-11-5-3-9-17(19)22/h2-5,8-11,15H,6-7,12-14H2,1H3/p+1/t15-/m0/s1. The van der Waals surface area contributed by atoms with Gasteiger partial charge < -0.3 is 4.90 Å². The molecule has 2 aliphatic heterocycles. The highest BCUT2D eigenvalue weighted by Gasteiger charge is 2.31. The number of carbonyl (C=O) groups is 1. The monoisotopic (exact) mass is 339 g/mol. The van der Waals surface area contributed by atoms with E-state index in [4.69, 9.17) is 0 Å². The molecule has 0 bridgehead atoms. The van der Waals surface area contributed by atoms with E-state index in [9.17, 15) is 4.79 Å². The third-order valence-corrected chi connectivity index (χ3v) is 6.08. The van der Waals surface area contributed by atoms with Gasteiger partial charge in [-0.1, -0.05) is 43.0 Å². The van der Waals surface area contributed by atoms with Gasteiger partial charge >= 0.3 is 0 Å². The summed E-state index contributed by atoms with van der Waals surface area (Å²) < 4.78 is 0. The highest BCUT2D eigenvalue weighted by atomic mass is 32.2. The summed E-state index contributed by atoms with van der Waals surface area (Å²) >= 11 is 1.75. The molecule has 1 saturated heterocycles. The van der Waals surface area contributed by atoms with Crippen molar-refractivity contribution < 1.29 is 9.69 Å². The van der Waals surface area contributed by atoms with Crippen molar-refractivity contribution >= 4 is 29.0 Å². The van der Waals surface area contributed by atoms with Gasteiger partial charge in [-0.2, -0.15) is 0 Å². The summed E-state index contributed by atoms with van der Waals surface area (Å²) in [6.07, 6.45) is 2.52. The number of fused-ring (bicyclic) bond motifs is 2. The van der Waals surface area contributed by atoms with Crippen LogP contribution in [0.25, 0.3) is 0 Å². The zero-order valence-electron chi connectivity index (χ0n) is 14.0. The lowest BCUT2D eigenvalue weighted by Gasteiger charge is -2.33. The van der Waals surface area contributed by atoms with Crippen LogP contribution < -0.4 is 9.80 Å². The van der Waals surface area contributed by atoms with Gasteiger partial charge in [-0.25, -0.2) is 0 Å². The highest BCUT2D eigenvalue weighted by molar-refractivity contribution is 7.99. The molecule has 3 nitrogen and oxygen atoms in total. The maximum absolute atomic E-state index is 13.2. The van der Waals surface area contributed by atoms with E-state index < -0.39 is 0 Å². The van der Waals surface area contributed by atoms with Crippen LogP contribution >= 0.6 is 11.8 Å². The summed E-state index contributed by atoms with van der Waals surface area (Å²) in [5.74, 6) is 0.928. The van der Waals surface area contributed by atoms with E-state index in [1.54, 1.807) is 11.8 Å². The normalized spacial score (nSPS) is 22.6. The number of para-hydroxylation sites is 2. The molecule has 0 saturated carbocycles. The Morgan fingerprint density at radius 2 is 1.75 bits per heavy atom. The number of hydrogen-bond acceptors (Lipinski definition) is 2. The van der Waals surface area contributed by atoms with Crippen molar-refractivity contribution in [2.45, 2.75) is 29.6 Å². The molecule has 0 aliphatic carbocycles. The molecule has 0 spiro atoms. The second-order valence-electron chi connectivity index (χ2n) is 6.89. The van der Waals surface area contributed by atoms with Gasteiger partial charge in [0.15, 0.2) is 6.54 Å². The average Bonchev–Trinajstić information content (AvgIpc) is 2.59. The molecule has 124 valence electrons. The van der Waals surface area contributed by atoms with Crippen LogP contribution in [0, 0.1) is 5.92 Å². The van der Waals surface area contributed by atoms with E-state index in [2.05, 4.69) is 31.2 Å². The maximum atomic E-state index is 13.2. The average molecular weight is 339 g/mol. The second kappa shape index (κ2) is 6.61. The van der Waals surface area contributed by atoms with E-state index in [0.29, 0.717) is 6.54 Å². The van der Waals surface area contributed by atoms with Crippen LogP contribution in [0.2, 0.25) is 0 Å². The Bertz CT molecular complexity index is 715. The van der Waals surface area contributed by atoms with Crippen molar-refractivity contribution in [3.63, 3.8) is 0 Å². The lowest BCUT2D eigenvalue weighted by molar-refractivity contribution is -0.900. The first-order valence-electron chi connectivity index (χ1n) is 8.75. The molecular formula is C20H23N2OS+. The lowest BCUT2D eigenvalue weighted by atomic mass is 10.0. The molecule has 0 aromatic heterocycles. The van der Waals surface area contributed by atoms with Crippen molar-refractivity contribution in [3.05, 3.63) is 48.5 Å². The summed E-state index contributed by atoms with van der Waals surface area (Å²) in [5.41, 5.74) is 2.05. The van der Waals surface area contributed by atoms with Crippen LogP contribution in [0.15, 0.2) is 58.3 Å². The van der Waals surface area contributed by atoms with Gasteiger partial charge in [0.25, 0.3) is 5.91 Å². The summed E-state index contributed by atoms with van der Waals surface area (Å²) in [6.45, 7) is 5.10. The molecule has 2 aromatic carbocycles. The van der Waals surface area contributed by atoms with Crippen molar-refractivity contribution in [2.24, 2.45) is 5.92 Å². The Morgan fingerprint density at radius 3 is 2.38 bits per heavy atom. The predicted molar refractivity (Wildman–Crippen MR) is 98.1 cm³/mol. The first-order chi connectivity index (χ1) is 11.7. The zero-order valence-corrected chi connectivity index (χ0v) is 14.8. The number of anilines is 2. The highest BCUT2D eigenvalue weighted by Crippen LogP contribution is 2.47. The van der Waals surface area contributed by atoms with Crippen molar-refractivity contribution in [1.29, 1.82) is 0 Å². The van der Waals surface area contributed by atoms with Crippen LogP contribution in [0.3, 0.4) is 0 Å². The Morgan fingerprint density at radius 1 is 1.12 bits per heavy atom. The smallest absolute Gasteiger partial charge is 0.286 e. The van der Waals surface area contributed by atoms with Crippen molar-refractivity contribution in [1.82, 2.24) is 0 Å². The lowest BCUT2D eigenvalue weighted by Crippen LogP contribution is -3.14. The van der Waals surface area contributed by atoms with E-state index in [-0.39, 0.29) is 5.91 Å². The summed E-state index contributed by atoms with van der Waals surface area (Å²) in [6, 6.07) is 16.4. The number of nitrogens with one attached hydrogen (secondary N) is 1. The maximum Gasteiger partial charge on any atom is 0.286 e. The SMILES string of the molecule is C[C@H]1CCC[NH+](CC(=O)N2c3ccccc3Sc3ccccc32)C1. The summed E-state index contributed by atoms with van der Waals surface area (Å²) in [5, 5.41) is 0. The number of nitrogens with zero attached hydrogens (tertiary/aromatic N) is 1. The minimum absolute atomic E-state index is 0.208. The zero-order chi connectivity index (χ0) is 16.5. The Hall–Kier alpha value is -1.78. The fraction of sp³-hybridized carbons (Fsp3) is 0.350. The van der Waals surface area contributed by atoms with Crippen LogP contribution in [-0.4, -0.2) is 25.5 Å². The topological polar surface area (TPSA) is 24.8 Å². The van der Waals surface area contributed by atoms with E-state index in [1.165, 1.54) is 17.7 Å². The minimum atomic E-state index is 0.208. The van der Waals surface area contributed by atoms with E-state index in [0.717, 1.165) is 40.2 Å². The third-order valence-electron chi connectivity index (χ3n) is 4.95. The number of hydrogen-bond donors (Lipinski definition) is 1. The van der Waals surface area contributed by atoms with Gasteiger partial charge in [-0.15, -0.1) is 0 Å². The molecule has 2 heterocycles. The molecule has 1 N–H and O–H groups in total. The summed E-state index contributed by atoms with van der Waals surface area (Å²) in [7, 11) is 0. The van der Waals surface area contributed by atoms with Crippen LogP contribution in [0.1, 0.15) is 19.8 Å². The molecule has 1 unspecified atom stereocenters.